The van der Waals surface area contributed by atoms with Crippen LogP contribution in [0.4, 0.5) is 5.69 Å². The molecule has 23 heavy (non-hydrogen) atoms. The number of piperazine rings is 1. The molecule has 1 aromatic carbocycles. The topological polar surface area (TPSA) is 75.4 Å². The molecule has 0 atom stereocenters. The van der Waals surface area contributed by atoms with Crippen LogP contribution in [0.5, 0.6) is 0 Å². The Bertz CT molecular complexity index is 534. The molecule has 0 aromatic heterocycles. The maximum absolute atomic E-state index is 10.9. The molecule has 6 heteroatoms. The van der Waals surface area contributed by atoms with Gasteiger partial charge in [-0.25, -0.2) is 0 Å². The van der Waals surface area contributed by atoms with E-state index in [-0.39, 0.29) is 0 Å². The van der Waals surface area contributed by atoms with Gasteiger partial charge in [-0.05, 0) is 24.1 Å². The standard InChI is InChI=1S/C17H26N4O2/c1-15-2-3-16(12-17(15)18)4-8-21(9-5-19-13-22)10-6-20(14-23)7-11-21/h2-3,12-14H,4-11,18H2,1H3/p+1. The predicted molar refractivity (Wildman–Crippen MR) is 90.7 cm³/mol. The Morgan fingerprint density at radius 1 is 1.26 bits per heavy atom. The van der Waals surface area contributed by atoms with Crippen molar-refractivity contribution in [3.05, 3.63) is 29.3 Å². The first-order valence-corrected chi connectivity index (χ1v) is 8.15. The zero-order chi connectivity index (χ0) is 16.7. The number of benzene rings is 1. The Labute approximate surface area is 137 Å². The van der Waals surface area contributed by atoms with Gasteiger partial charge in [-0.15, -0.1) is 0 Å². The lowest BCUT2D eigenvalue weighted by Crippen LogP contribution is -2.61. The monoisotopic (exact) mass is 319 g/mol. The zero-order valence-electron chi connectivity index (χ0n) is 13.8. The van der Waals surface area contributed by atoms with E-state index in [1.807, 2.05) is 11.8 Å². The van der Waals surface area contributed by atoms with E-state index in [1.165, 1.54) is 5.56 Å². The molecule has 0 aliphatic carbocycles. The minimum Gasteiger partial charge on any atom is -0.399 e. The number of quaternary nitrogens is 1. The summed E-state index contributed by atoms with van der Waals surface area (Å²) in [5, 5.41) is 2.76. The highest BCUT2D eigenvalue weighted by molar-refractivity contribution is 5.48. The predicted octanol–water partition coefficient (Wildman–Crippen LogP) is 0.155. The number of nitrogens with two attached hydrogens (primary N) is 1. The van der Waals surface area contributed by atoms with E-state index < -0.39 is 0 Å². The van der Waals surface area contributed by atoms with Crippen molar-refractivity contribution in [2.24, 2.45) is 0 Å². The van der Waals surface area contributed by atoms with Crippen molar-refractivity contribution < 1.29 is 14.1 Å². The number of anilines is 1. The van der Waals surface area contributed by atoms with Crippen LogP contribution in [0.25, 0.3) is 0 Å². The summed E-state index contributed by atoms with van der Waals surface area (Å²) < 4.78 is 0.930. The van der Waals surface area contributed by atoms with Crippen LogP contribution in [0.3, 0.4) is 0 Å². The van der Waals surface area contributed by atoms with Crippen molar-refractivity contribution in [1.82, 2.24) is 10.2 Å². The summed E-state index contributed by atoms with van der Waals surface area (Å²) in [4.78, 5) is 23.3. The minimum absolute atomic E-state index is 0.667. The van der Waals surface area contributed by atoms with Crippen LogP contribution in [-0.4, -0.2) is 68.0 Å². The van der Waals surface area contributed by atoms with Gasteiger partial charge in [-0.3, -0.25) is 9.59 Å². The highest BCUT2D eigenvalue weighted by Crippen LogP contribution is 2.17. The van der Waals surface area contributed by atoms with Gasteiger partial charge in [0.15, 0.2) is 0 Å². The molecule has 6 nitrogen and oxygen atoms in total. The molecule has 1 aliphatic heterocycles. The Balaban J connectivity index is 2.00. The maximum atomic E-state index is 10.9. The normalized spacial score (nSPS) is 16.8. The van der Waals surface area contributed by atoms with Crippen molar-refractivity contribution in [2.75, 3.05) is 51.5 Å². The maximum Gasteiger partial charge on any atom is 0.210 e. The van der Waals surface area contributed by atoms with Crippen LogP contribution in [0.2, 0.25) is 0 Å². The van der Waals surface area contributed by atoms with Crippen LogP contribution in [0, 0.1) is 6.92 Å². The van der Waals surface area contributed by atoms with E-state index in [1.54, 1.807) is 0 Å². The number of hydrogen-bond acceptors (Lipinski definition) is 3. The highest BCUT2D eigenvalue weighted by atomic mass is 16.1. The van der Waals surface area contributed by atoms with Gasteiger partial charge in [0.1, 0.15) is 0 Å². The molecule has 126 valence electrons. The highest BCUT2D eigenvalue weighted by Gasteiger charge is 2.31. The molecule has 0 saturated carbocycles. The minimum atomic E-state index is 0.667. The van der Waals surface area contributed by atoms with E-state index in [2.05, 4.69) is 23.5 Å². The van der Waals surface area contributed by atoms with E-state index in [4.69, 9.17) is 5.73 Å². The summed E-state index contributed by atoms with van der Waals surface area (Å²) in [5.74, 6) is 0. The summed E-state index contributed by atoms with van der Waals surface area (Å²) in [7, 11) is 0. The number of nitrogen functional groups attached to an aromatic ring is 1. The fourth-order valence-corrected chi connectivity index (χ4v) is 3.14. The molecule has 0 unspecified atom stereocenters. The molecular weight excluding hydrogens is 292 g/mol. The second-order valence-corrected chi connectivity index (χ2v) is 6.39. The molecule has 2 amide bonds. The van der Waals surface area contributed by atoms with Crippen LogP contribution < -0.4 is 11.1 Å². The van der Waals surface area contributed by atoms with Crippen LogP contribution in [0.1, 0.15) is 11.1 Å². The smallest absolute Gasteiger partial charge is 0.210 e. The summed E-state index contributed by atoms with van der Waals surface area (Å²) >= 11 is 0. The molecule has 1 aliphatic rings. The van der Waals surface area contributed by atoms with Crippen molar-refractivity contribution in [2.45, 2.75) is 13.3 Å². The third-order valence-electron chi connectivity index (χ3n) is 4.90. The first kappa shape index (κ1) is 17.3. The number of carbonyl (C=O) groups excluding carboxylic acids is 2. The van der Waals surface area contributed by atoms with E-state index in [0.717, 1.165) is 74.2 Å². The van der Waals surface area contributed by atoms with Crippen molar-refractivity contribution in [3.63, 3.8) is 0 Å². The van der Waals surface area contributed by atoms with Gasteiger partial charge in [-0.1, -0.05) is 12.1 Å². The summed E-state index contributed by atoms with van der Waals surface area (Å²) in [6.07, 6.45) is 2.63. The Morgan fingerprint density at radius 2 is 2.00 bits per heavy atom. The Morgan fingerprint density at radius 3 is 2.61 bits per heavy atom. The number of hydrogen-bond donors (Lipinski definition) is 2. The fourth-order valence-electron chi connectivity index (χ4n) is 3.14. The molecule has 1 fully saturated rings. The van der Waals surface area contributed by atoms with Gasteiger partial charge in [0.25, 0.3) is 0 Å². The zero-order valence-corrected chi connectivity index (χ0v) is 13.8. The molecule has 1 heterocycles. The lowest BCUT2D eigenvalue weighted by atomic mass is 10.1. The number of aryl methyl sites for hydroxylation is 1. The van der Waals surface area contributed by atoms with Gasteiger partial charge in [0.05, 0.1) is 45.8 Å². The molecule has 0 radical (unpaired) electrons. The van der Waals surface area contributed by atoms with Crippen LogP contribution >= 0.6 is 0 Å². The fraction of sp³-hybridized carbons (Fsp3) is 0.529. The van der Waals surface area contributed by atoms with Gasteiger partial charge >= 0.3 is 0 Å². The van der Waals surface area contributed by atoms with Gasteiger partial charge in [-0.2, -0.15) is 0 Å². The van der Waals surface area contributed by atoms with Gasteiger partial charge in [0.2, 0.25) is 12.8 Å². The Kier molecular flexibility index (Phi) is 5.98. The third-order valence-corrected chi connectivity index (χ3v) is 4.90. The first-order valence-electron chi connectivity index (χ1n) is 8.15. The second kappa shape index (κ2) is 7.97. The average Bonchev–Trinajstić information content (AvgIpc) is 2.57. The van der Waals surface area contributed by atoms with E-state index in [9.17, 15) is 9.59 Å². The van der Waals surface area contributed by atoms with Crippen molar-refractivity contribution in [3.8, 4) is 0 Å². The van der Waals surface area contributed by atoms with Gasteiger partial charge in [0, 0.05) is 12.1 Å². The SMILES string of the molecule is Cc1ccc(CC[N+]2(CCNC=O)CCN(C=O)CC2)cc1N. The third kappa shape index (κ3) is 4.69. The van der Waals surface area contributed by atoms with Crippen molar-refractivity contribution in [1.29, 1.82) is 0 Å². The van der Waals surface area contributed by atoms with Gasteiger partial charge < -0.3 is 20.4 Å². The lowest BCUT2D eigenvalue weighted by Gasteiger charge is -2.44. The number of rotatable bonds is 8. The quantitative estimate of drug-likeness (QED) is 0.310. The largest absolute Gasteiger partial charge is 0.399 e. The summed E-state index contributed by atoms with van der Waals surface area (Å²) in [6, 6.07) is 6.25. The molecule has 2 rings (SSSR count). The molecule has 1 saturated heterocycles. The number of nitrogens with zero attached hydrogens (tertiary/aromatic N) is 2. The summed E-state index contributed by atoms with van der Waals surface area (Å²) in [5.41, 5.74) is 9.18. The van der Waals surface area contributed by atoms with Crippen molar-refractivity contribution >= 4 is 18.5 Å². The Hall–Kier alpha value is -2.08. The van der Waals surface area contributed by atoms with Crippen LogP contribution in [-0.2, 0) is 16.0 Å². The van der Waals surface area contributed by atoms with E-state index >= 15 is 0 Å². The molecule has 0 bridgehead atoms. The lowest BCUT2D eigenvalue weighted by molar-refractivity contribution is -0.930. The molecule has 3 N–H and O–H groups in total. The molecule has 0 spiro atoms. The summed E-state index contributed by atoms with van der Waals surface area (Å²) in [6.45, 7) is 7.99. The number of amides is 2. The number of nitrogens with one attached hydrogen (secondary N) is 1. The second-order valence-electron chi connectivity index (χ2n) is 6.39. The first-order chi connectivity index (χ1) is 11.1. The number of carbonyl (C=O) groups is 2. The van der Waals surface area contributed by atoms with E-state index in [0.29, 0.717) is 6.54 Å². The van der Waals surface area contributed by atoms with Crippen LogP contribution in [0.15, 0.2) is 18.2 Å². The average molecular weight is 319 g/mol. The molecule has 1 aromatic rings. The molecular formula is C17H27N4O2+.